The van der Waals surface area contributed by atoms with E-state index in [1.54, 1.807) is 0 Å². The van der Waals surface area contributed by atoms with Gasteiger partial charge in [-0.3, -0.25) is 0 Å². The average Bonchev–Trinajstić information content (AvgIpc) is 0.722. The van der Waals surface area contributed by atoms with Crippen LogP contribution in [0.1, 0.15) is 0 Å². The molecular formula is H6O5SiZr. The first kappa shape index (κ1) is 15.7. The number of hydrogen-bond donors (Lipinski definition) is 4. The minimum atomic E-state index is -4.61. The SMILES string of the molecule is O.O[Si](O)(O)O.[Zr]. The standard InChI is InChI=1S/H4O4Si.H2O.Zr/c1-5(2,3)4;;/h1-4H;1H2;. The van der Waals surface area contributed by atoms with Crippen LogP contribution in [0, 0.1) is 0 Å². The van der Waals surface area contributed by atoms with E-state index in [1.807, 2.05) is 0 Å². The van der Waals surface area contributed by atoms with Crippen molar-refractivity contribution in [1.82, 2.24) is 0 Å². The Labute approximate surface area is 60.2 Å². The second kappa shape index (κ2) is 5.04. The van der Waals surface area contributed by atoms with Crippen LogP contribution in [0.3, 0.4) is 0 Å². The van der Waals surface area contributed by atoms with Crippen molar-refractivity contribution in [2.75, 3.05) is 0 Å². The van der Waals surface area contributed by atoms with Crippen LogP contribution in [0.25, 0.3) is 0 Å². The second-order valence-electron chi connectivity index (χ2n) is 0.600. The molecule has 6 N–H and O–H groups in total. The van der Waals surface area contributed by atoms with Crippen LogP contribution in [0.2, 0.25) is 0 Å². The predicted molar refractivity (Wildman–Crippen MR) is 18.2 cm³/mol. The van der Waals surface area contributed by atoms with E-state index in [0.717, 1.165) is 0 Å². The van der Waals surface area contributed by atoms with Crippen LogP contribution in [0.4, 0.5) is 0 Å². The van der Waals surface area contributed by atoms with E-state index in [9.17, 15) is 0 Å². The van der Waals surface area contributed by atoms with Crippen molar-refractivity contribution < 1.29 is 50.9 Å². The van der Waals surface area contributed by atoms with Crippen molar-refractivity contribution >= 4 is 9.05 Å². The summed E-state index contributed by atoms with van der Waals surface area (Å²) in [5.41, 5.74) is 0. The Morgan fingerprint density at radius 1 is 0.857 bits per heavy atom. The molecule has 44 valence electrons. The van der Waals surface area contributed by atoms with Gasteiger partial charge in [0, 0.05) is 26.2 Å². The van der Waals surface area contributed by atoms with Crippen molar-refractivity contribution in [2.24, 2.45) is 0 Å². The van der Waals surface area contributed by atoms with Crippen LogP contribution >= 0.6 is 0 Å². The van der Waals surface area contributed by atoms with Crippen molar-refractivity contribution in [3.8, 4) is 0 Å². The summed E-state index contributed by atoms with van der Waals surface area (Å²) in [5, 5.41) is 0. The maximum Gasteiger partial charge on any atom is 0.668 e. The Balaban J connectivity index is -0.0000000800. The van der Waals surface area contributed by atoms with Gasteiger partial charge in [-0.15, -0.1) is 0 Å². The molecule has 0 aliphatic rings. The van der Waals surface area contributed by atoms with E-state index < -0.39 is 9.05 Å². The molecule has 5 nitrogen and oxygen atoms in total. The quantitative estimate of drug-likeness (QED) is 0.308. The van der Waals surface area contributed by atoms with Gasteiger partial charge in [0.25, 0.3) is 0 Å². The molecule has 0 aromatic heterocycles. The smallest absolute Gasteiger partial charge is 0.412 e. The molecule has 0 aromatic rings. The molecule has 0 heterocycles. The van der Waals surface area contributed by atoms with Gasteiger partial charge in [-0.05, 0) is 0 Å². The largest absolute Gasteiger partial charge is 0.668 e. The van der Waals surface area contributed by atoms with Gasteiger partial charge in [0.05, 0.1) is 0 Å². The topological polar surface area (TPSA) is 112 Å². The second-order valence-corrected chi connectivity index (χ2v) is 1.80. The van der Waals surface area contributed by atoms with Gasteiger partial charge in [-0.1, -0.05) is 0 Å². The maximum absolute atomic E-state index is 7.33. The van der Waals surface area contributed by atoms with E-state index >= 15 is 0 Å². The van der Waals surface area contributed by atoms with Gasteiger partial charge in [0.1, 0.15) is 0 Å². The molecular weight excluding hydrogens is 199 g/mol. The monoisotopic (exact) mass is 204 g/mol. The zero-order chi connectivity index (χ0) is 4.50. The summed E-state index contributed by atoms with van der Waals surface area (Å²) in [6.45, 7) is 0. The van der Waals surface area contributed by atoms with Gasteiger partial charge in [-0.25, -0.2) is 0 Å². The number of hydrogen-bond acceptors (Lipinski definition) is 4. The molecule has 0 fully saturated rings. The first-order chi connectivity index (χ1) is 2.00. The number of rotatable bonds is 0. The van der Waals surface area contributed by atoms with E-state index in [4.69, 9.17) is 19.2 Å². The first-order valence-electron chi connectivity index (χ1n) is 0.894. The molecule has 0 aromatic carbocycles. The van der Waals surface area contributed by atoms with Crippen LogP contribution in [0.5, 0.6) is 0 Å². The summed E-state index contributed by atoms with van der Waals surface area (Å²) >= 11 is 0. The van der Waals surface area contributed by atoms with Gasteiger partial charge in [0.15, 0.2) is 0 Å². The molecule has 0 atom stereocenters. The molecule has 0 saturated carbocycles. The Bertz CT molecular complexity index is 23.6. The van der Waals surface area contributed by atoms with Crippen LogP contribution in [-0.4, -0.2) is 33.7 Å². The van der Waals surface area contributed by atoms with Crippen LogP contribution in [0.15, 0.2) is 0 Å². The fourth-order valence-electron chi connectivity index (χ4n) is 0. The summed E-state index contributed by atoms with van der Waals surface area (Å²) in [5.74, 6) is 0. The third-order valence-electron chi connectivity index (χ3n) is 0. The molecule has 0 spiro atoms. The van der Waals surface area contributed by atoms with Gasteiger partial charge >= 0.3 is 9.05 Å². The molecule has 0 unspecified atom stereocenters. The Hall–Kier alpha value is 0.900. The van der Waals surface area contributed by atoms with Crippen molar-refractivity contribution in [3.05, 3.63) is 0 Å². The van der Waals surface area contributed by atoms with Crippen LogP contribution in [-0.2, 0) is 26.2 Å². The van der Waals surface area contributed by atoms with Gasteiger partial charge in [0.2, 0.25) is 0 Å². The molecule has 0 aliphatic carbocycles. The van der Waals surface area contributed by atoms with Gasteiger partial charge in [-0.2, -0.15) is 0 Å². The van der Waals surface area contributed by atoms with Crippen molar-refractivity contribution in [2.45, 2.75) is 0 Å². The van der Waals surface area contributed by atoms with Crippen LogP contribution < -0.4 is 0 Å². The zero-order valence-corrected chi connectivity index (χ0v) is 6.75. The third kappa shape index (κ3) is 205. The van der Waals surface area contributed by atoms with Crippen molar-refractivity contribution in [1.29, 1.82) is 0 Å². The molecule has 7 heteroatoms. The normalized spacial score (nSPS) is 8.57. The molecule has 0 radical (unpaired) electrons. The summed E-state index contributed by atoms with van der Waals surface area (Å²) < 4.78 is 0. The Morgan fingerprint density at radius 2 is 0.857 bits per heavy atom. The zero-order valence-electron chi connectivity index (χ0n) is 3.29. The summed E-state index contributed by atoms with van der Waals surface area (Å²) in [7, 11) is -4.61. The first-order valence-corrected chi connectivity index (χ1v) is 2.68. The van der Waals surface area contributed by atoms with E-state index in [0.29, 0.717) is 0 Å². The molecule has 0 amide bonds. The summed E-state index contributed by atoms with van der Waals surface area (Å²) in [6, 6.07) is 0. The Kier molecular flexibility index (Phi) is 11.3. The maximum atomic E-state index is 7.33. The molecule has 7 heavy (non-hydrogen) atoms. The van der Waals surface area contributed by atoms with E-state index in [1.165, 1.54) is 0 Å². The minimum absolute atomic E-state index is 0. The Morgan fingerprint density at radius 3 is 0.857 bits per heavy atom. The third-order valence-corrected chi connectivity index (χ3v) is 0. The minimum Gasteiger partial charge on any atom is -0.412 e. The predicted octanol–water partition coefficient (Wildman–Crippen LogP) is -3.44. The molecule has 0 saturated heterocycles. The van der Waals surface area contributed by atoms with E-state index in [-0.39, 0.29) is 31.7 Å². The van der Waals surface area contributed by atoms with Gasteiger partial charge < -0.3 is 24.7 Å². The van der Waals surface area contributed by atoms with Crippen molar-refractivity contribution in [3.63, 3.8) is 0 Å². The summed E-state index contributed by atoms with van der Waals surface area (Å²) in [4.78, 5) is 29.3. The van der Waals surface area contributed by atoms with E-state index in [2.05, 4.69) is 0 Å². The molecule has 0 bridgehead atoms. The molecule has 0 aliphatic heterocycles. The summed E-state index contributed by atoms with van der Waals surface area (Å²) in [6.07, 6.45) is 0. The fourth-order valence-corrected chi connectivity index (χ4v) is 0. The fraction of sp³-hybridized carbons (Fsp3) is 0. The molecule has 0 rings (SSSR count). The average molecular weight is 205 g/mol.